The molecule has 1 aromatic heterocycles. The van der Waals surface area contributed by atoms with Crippen LogP contribution in [0.1, 0.15) is 207 Å². The van der Waals surface area contributed by atoms with Crippen LogP contribution < -0.4 is 36.4 Å². The fourth-order valence-electron chi connectivity index (χ4n) is 17.0. The lowest BCUT2D eigenvalue weighted by Crippen LogP contribution is -2.37. The minimum atomic E-state index is -0.705. The van der Waals surface area contributed by atoms with Gasteiger partial charge in [0.05, 0.1) is 56.1 Å². The van der Waals surface area contributed by atoms with Crippen molar-refractivity contribution in [2.45, 2.75) is 226 Å². The summed E-state index contributed by atoms with van der Waals surface area (Å²) in [5.41, 5.74) is 43.0. The summed E-state index contributed by atoms with van der Waals surface area (Å²) in [6, 6.07) is 0. The molecule has 113 heavy (non-hydrogen) atoms. The molecule has 12 rings (SSSR count). The smallest absolute Gasteiger partial charge is 0.412 e. The zero-order valence-corrected chi connectivity index (χ0v) is 72.5. The Kier molecular flexibility index (Phi) is 24.5. The Morgan fingerprint density at radius 2 is 0.770 bits per heavy atom. The average molecular weight is 1540 g/mol. The first kappa shape index (κ1) is 85.9. The van der Waals surface area contributed by atoms with E-state index in [1.165, 1.54) is 93.7 Å². The van der Waals surface area contributed by atoms with Gasteiger partial charge in [0.15, 0.2) is 0 Å². The molecule has 0 radical (unpaired) electrons. The number of aryl methyl sites for hydroxylation is 3. The standard InChI is InChI=1S/C24H27NO4.C24H31NO4.C24H29NO3.C23H27NO3/c1-10(2)17-20-18(14(6)15(7)21(17)25-24(27)28-9)19-13(5)11(3)12(4)16(8)22(19)29-23(20)26;1-11(2)19-18(10-26)20(15(6)16(7)22(19)25-24(28)29-9)21-14(5)12(3)13(4)17(8)23(21)27;1-11(2)19-18-10-28-23-17(8)13(4)12(3)14(5)21(23)20(18)15(6)16(7)22(19)25-24(26)27-9;1-10-11(2)15(6)21-18(12(10)3)17-13(4)14(5)20-19(16(17)9-26-21)23(7,8)27-22(25)24-20/h1H2,2-9H3,(H,25,27);26-27H,1,10H2,2-9H3,(H,25,28);1,10H2,2-9H3,(H,25,26);9H2,1-8H3,(H,24,25). The number of carbonyl (C=O) groups is 4. The zero-order valence-electron chi connectivity index (χ0n) is 72.5. The number of hydrogen-bond acceptors (Lipinski definition) is 14. The highest BCUT2D eigenvalue weighted by atomic mass is 16.6. The van der Waals surface area contributed by atoms with Gasteiger partial charge in [0, 0.05) is 60.8 Å². The summed E-state index contributed by atoms with van der Waals surface area (Å²) in [6.07, 6.45) is -2.07. The monoisotopic (exact) mass is 1530 g/mol. The molecular weight excluding hydrogens is 1420 g/mol. The summed E-state index contributed by atoms with van der Waals surface area (Å²) in [4.78, 5) is 61.2. The molecule has 0 saturated carbocycles. The molecule has 0 atom stereocenters. The summed E-state index contributed by atoms with van der Waals surface area (Å²) in [5, 5.41) is 35.0. The van der Waals surface area contributed by atoms with Crippen molar-refractivity contribution in [2.24, 2.45) is 0 Å². The number of aromatic hydroxyl groups is 1. The number of ether oxygens (including phenoxy) is 6. The van der Waals surface area contributed by atoms with Crippen LogP contribution in [0.25, 0.3) is 71.8 Å². The first-order chi connectivity index (χ1) is 52.7. The van der Waals surface area contributed by atoms with Crippen molar-refractivity contribution in [2.75, 3.05) is 42.6 Å². The van der Waals surface area contributed by atoms with Crippen molar-refractivity contribution in [1.82, 2.24) is 0 Å². The van der Waals surface area contributed by atoms with Crippen molar-refractivity contribution in [3.05, 3.63) is 203 Å². The van der Waals surface area contributed by atoms with Gasteiger partial charge in [-0.2, -0.15) is 0 Å². The number of anilines is 4. The van der Waals surface area contributed by atoms with Crippen LogP contribution in [0.5, 0.6) is 17.2 Å². The molecule has 598 valence electrons. The number of rotatable bonds is 8. The normalized spacial score (nSPS) is 12.6. The van der Waals surface area contributed by atoms with Gasteiger partial charge in [0.2, 0.25) is 0 Å². The topological polar surface area (TPSA) is 242 Å². The molecule has 18 heteroatoms. The third kappa shape index (κ3) is 14.4. The Hall–Kier alpha value is -11.1. The van der Waals surface area contributed by atoms with Gasteiger partial charge < -0.3 is 43.1 Å². The average Bonchev–Trinajstić information content (AvgIpc) is 0.721. The molecule has 3 aliphatic rings. The summed E-state index contributed by atoms with van der Waals surface area (Å²) >= 11 is 0. The van der Waals surface area contributed by atoms with Crippen LogP contribution in [-0.4, -0.2) is 55.9 Å². The van der Waals surface area contributed by atoms with Crippen LogP contribution >= 0.6 is 0 Å². The number of fused-ring (bicyclic) bond motifs is 11. The molecule has 0 fully saturated rings. The third-order valence-electron chi connectivity index (χ3n) is 25.1. The molecule has 6 N–H and O–H groups in total. The second-order valence-corrected chi connectivity index (χ2v) is 31.5. The van der Waals surface area contributed by atoms with Crippen LogP contribution in [0.2, 0.25) is 0 Å². The Balaban J connectivity index is 0.000000173. The maximum Gasteiger partial charge on any atom is 0.412 e. The van der Waals surface area contributed by atoms with E-state index in [4.69, 9.17) is 32.8 Å². The predicted molar refractivity (Wildman–Crippen MR) is 461 cm³/mol. The summed E-state index contributed by atoms with van der Waals surface area (Å²) in [6.45, 7) is 71.9. The molecule has 8 aromatic carbocycles. The van der Waals surface area contributed by atoms with E-state index in [2.05, 4.69) is 131 Å². The van der Waals surface area contributed by atoms with E-state index in [0.717, 1.165) is 150 Å². The molecular formula is C95H114N4O14. The fraction of sp³-hybridized carbons (Fsp3) is 0.379. The number of aliphatic hydroxyl groups is 1. The second-order valence-electron chi connectivity index (χ2n) is 31.5. The number of aliphatic hydroxyl groups excluding tert-OH is 1. The van der Waals surface area contributed by atoms with E-state index >= 15 is 0 Å². The summed E-state index contributed by atoms with van der Waals surface area (Å²) in [7, 11) is 3.98. The van der Waals surface area contributed by atoms with Crippen LogP contribution in [0.3, 0.4) is 0 Å². The number of benzene rings is 8. The van der Waals surface area contributed by atoms with Crippen LogP contribution in [0.4, 0.5) is 41.9 Å². The molecule has 18 nitrogen and oxygen atoms in total. The molecule has 9 aromatic rings. The number of nitrogens with one attached hydrogen (secondary N) is 4. The number of cyclic esters (lactones) is 1. The highest BCUT2D eigenvalue weighted by molar-refractivity contribution is 6.15. The highest BCUT2D eigenvalue weighted by Crippen LogP contribution is 2.55. The fourth-order valence-corrected chi connectivity index (χ4v) is 17.0. The number of hydrogen-bond donors (Lipinski definition) is 6. The summed E-state index contributed by atoms with van der Waals surface area (Å²) in [5.74, 6) is 2.17. The molecule has 3 aliphatic heterocycles. The number of phenols is 1. The molecule has 4 heterocycles. The van der Waals surface area contributed by atoms with Crippen molar-refractivity contribution in [1.29, 1.82) is 0 Å². The van der Waals surface area contributed by atoms with Gasteiger partial charge in [0.25, 0.3) is 0 Å². The van der Waals surface area contributed by atoms with Crippen molar-refractivity contribution in [3.63, 3.8) is 0 Å². The second kappa shape index (κ2) is 32.2. The van der Waals surface area contributed by atoms with Gasteiger partial charge in [-0.15, -0.1) is 0 Å². The number of allylic oxidation sites excluding steroid dienone is 3. The van der Waals surface area contributed by atoms with Gasteiger partial charge in [-0.25, -0.2) is 24.0 Å². The molecule has 0 bridgehead atoms. The Morgan fingerprint density at radius 3 is 1.22 bits per heavy atom. The third-order valence-corrected chi connectivity index (χ3v) is 25.1. The van der Waals surface area contributed by atoms with E-state index in [-0.39, 0.29) is 12.4 Å². The molecule has 0 spiro atoms. The van der Waals surface area contributed by atoms with E-state index in [1.807, 2.05) is 111 Å². The van der Waals surface area contributed by atoms with Gasteiger partial charge >= 0.3 is 30.0 Å². The highest BCUT2D eigenvalue weighted by Gasteiger charge is 2.42. The quantitative estimate of drug-likeness (QED) is 0.0471. The first-order valence-electron chi connectivity index (χ1n) is 38.1. The predicted octanol–water partition coefficient (Wildman–Crippen LogP) is 23.8. The number of methoxy groups -OCH3 is 3. The largest absolute Gasteiger partial charge is 0.507 e. The number of amides is 4. The Morgan fingerprint density at radius 1 is 0.416 bits per heavy atom. The lowest BCUT2D eigenvalue weighted by atomic mass is 9.77. The van der Waals surface area contributed by atoms with Gasteiger partial charge in [0.1, 0.15) is 41.6 Å². The number of phenolic OH excluding ortho intramolecular Hbond substituents is 1. The minimum absolute atomic E-state index is 0.212. The zero-order chi connectivity index (χ0) is 84.7. The molecule has 0 aliphatic carbocycles. The van der Waals surface area contributed by atoms with E-state index in [0.29, 0.717) is 69.0 Å². The van der Waals surface area contributed by atoms with E-state index < -0.39 is 35.6 Å². The summed E-state index contributed by atoms with van der Waals surface area (Å²) < 4.78 is 38.5. The number of carbonyl (C=O) groups excluding carboxylic acids is 4. The van der Waals surface area contributed by atoms with Crippen LogP contribution in [0, 0.1) is 166 Å². The van der Waals surface area contributed by atoms with Crippen LogP contribution in [0.15, 0.2) is 28.9 Å². The Labute approximate surface area is 666 Å². The first-order valence-corrected chi connectivity index (χ1v) is 38.1. The van der Waals surface area contributed by atoms with Gasteiger partial charge in [-0.3, -0.25) is 21.3 Å². The van der Waals surface area contributed by atoms with Gasteiger partial charge in [-0.1, -0.05) is 19.7 Å². The lowest BCUT2D eigenvalue weighted by Gasteiger charge is -2.39. The van der Waals surface area contributed by atoms with Crippen LogP contribution in [-0.2, 0) is 44.4 Å². The maximum absolute atomic E-state index is 13.2. The van der Waals surface area contributed by atoms with Crippen molar-refractivity contribution < 1.29 is 62.2 Å². The SMILES string of the molecule is C=C(C)c1c(CO)c(-c2c(C)c(C)c(C)c(C)c2O)c(C)c(C)c1NC(=O)OC.C=C(C)c1c(NC(=O)OC)c(C)c(C)c2c1c(=O)oc1c(C)c(C)c(C)c(C)c12.C=C(C)c1c2c(c(C)c(C)c1NC(=O)OC)-c1c(C)c(C)c(C)c(C)c1OC2.Cc1c(C)c(C)c2c(c1C)OCc1c-2c(C)c(C)c2c1C(C)(C)OC(=O)N2. The van der Waals surface area contributed by atoms with E-state index in [9.17, 15) is 34.2 Å². The van der Waals surface area contributed by atoms with E-state index in [1.54, 1.807) is 0 Å². The molecule has 0 unspecified atom stereocenters. The molecule has 0 saturated heterocycles. The maximum atomic E-state index is 13.2. The van der Waals surface area contributed by atoms with Gasteiger partial charge in [-0.05, 0) is 373 Å². The minimum Gasteiger partial charge on any atom is -0.507 e. The lowest BCUT2D eigenvalue weighted by molar-refractivity contribution is 0.0404. The molecule has 4 amide bonds. The van der Waals surface area contributed by atoms with Crippen molar-refractivity contribution in [3.8, 4) is 50.6 Å². The van der Waals surface area contributed by atoms with Crippen molar-refractivity contribution >= 4 is 85.6 Å². The Bertz CT molecular complexity index is 5730.